The van der Waals surface area contributed by atoms with E-state index in [9.17, 15) is 0 Å². The molecule has 2 nitrogen and oxygen atoms in total. The Hall–Kier alpha value is -0.240. The van der Waals surface area contributed by atoms with Gasteiger partial charge in [0, 0.05) is 21.1 Å². The minimum absolute atomic E-state index is 0. The molecule has 0 unspecified atom stereocenters. The summed E-state index contributed by atoms with van der Waals surface area (Å²) in [6.45, 7) is 0. The number of hydrogen-bond acceptors (Lipinski definition) is 1. The van der Waals surface area contributed by atoms with E-state index >= 15 is 0 Å². The topological polar surface area (TPSA) is 15.6 Å². The Balaban J connectivity index is 0. The molecule has 0 saturated heterocycles. The maximum absolute atomic E-state index is 3.74. The fraction of sp³-hybridized carbons (Fsp3) is 0.750. The molecule has 0 spiro atoms. The molecule has 0 aromatic carbocycles. The second kappa shape index (κ2) is 5.76. The predicted molar refractivity (Wildman–Crippen MR) is 35.4 cm³/mol. The third-order valence-corrected chi connectivity index (χ3v) is 0.346. The van der Waals surface area contributed by atoms with Gasteiger partial charge < -0.3 is 4.90 Å². The lowest BCUT2D eigenvalue weighted by atomic mass is 10.9. The van der Waals surface area contributed by atoms with E-state index in [2.05, 4.69) is 4.99 Å². The Morgan fingerprint density at radius 1 is 1.43 bits per heavy atom. The Bertz CT molecular complexity index is 51.7. The molecule has 3 heteroatoms. The first-order chi connectivity index (χ1) is 2.77. The summed E-state index contributed by atoms with van der Waals surface area (Å²) in [6.07, 6.45) is 1.75. The van der Waals surface area contributed by atoms with Crippen LogP contribution in [0.3, 0.4) is 0 Å². The van der Waals surface area contributed by atoms with E-state index in [-0.39, 0.29) is 12.4 Å². The molecule has 0 aromatic rings. The van der Waals surface area contributed by atoms with Crippen LogP contribution in [-0.4, -0.2) is 32.4 Å². The quantitative estimate of drug-likeness (QED) is 0.368. The molecule has 0 rings (SSSR count). The van der Waals surface area contributed by atoms with E-state index in [1.54, 1.807) is 13.4 Å². The summed E-state index contributed by atoms with van der Waals surface area (Å²) >= 11 is 0. The molecule has 0 heterocycles. The Kier molecular flexibility index (Phi) is 8.15. The number of hydrogen-bond donors (Lipinski definition) is 0. The third-order valence-electron chi connectivity index (χ3n) is 0.346. The molecule has 0 fully saturated rings. The molecule has 7 heavy (non-hydrogen) atoms. The molecule has 0 saturated carbocycles. The van der Waals surface area contributed by atoms with Crippen molar-refractivity contribution in [2.45, 2.75) is 0 Å². The van der Waals surface area contributed by atoms with Gasteiger partial charge in [0.1, 0.15) is 0 Å². The highest BCUT2D eigenvalue weighted by Gasteiger charge is 1.67. The number of aliphatic imine (C=N–C) groups is 1. The number of nitrogens with zero attached hydrogens (tertiary/aromatic N) is 2. The van der Waals surface area contributed by atoms with Crippen LogP contribution >= 0.6 is 12.4 Å². The monoisotopic (exact) mass is 122 g/mol. The highest BCUT2D eigenvalue weighted by molar-refractivity contribution is 5.85. The molecule has 0 atom stereocenters. The maximum Gasteiger partial charge on any atom is 0.0841 e. The van der Waals surface area contributed by atoms with E-state index in [1.807, 2.05) is 19.0 Å². The molecular formula is C4H11ClN2. The Morgan fingerprint density at radius 3 is 1.86 bits per heavy atom. The standard InChI is InChI=1S/C4H10N2.ClH/c1-5-4-6(2)3;/h4H,1-3H3;1H/b5-4+;. The van der Waals surface area contributed by atoms with E-state index in [0.717, 1.165) is 0 Å². The van der Waals surface area contributed by atoms with Gasteiger partial charge in [-0.25, -0.2) is 0 Å². The number of rotatable bonds is 1. The highest BCUT2D eigenvalue weighted by atomic mass is 35.5. The van der Waals surface area contributed by atoms with Crippen LogP contribution < -0.4 is 0 Å². The van der Waals surface area contributed by atoms with Crippen molar-refractivity contribution in [2.24, 2.45) is 4.99 Å². The van der Waals surface area contributed by atoms with Crippen molar-refractivity contribution in [3.63, 3.8) is 0 Å². The lowest BCUT2D eigenvalue weighted by molar-refractivity contribution is 0.642. The van der Waals surface area contributed by atoms with Crippen molar-refractivity contribution in [2.75, 3.05) is 21.1 Å². The summed E-state index contributed by atoms with van der Waals surface area (Å²) in [5.74, 6) is 0. The first-order valence-corrected chi connectivity index (χ1v) is 1.86. The van der Waals surface area contributed by atoms with Crippen LogP contribution in [0.4, 0.5) is 0 Å². The summed E-state index contributed by atoms with van der Waals surface area (Å²) in [6, 6.07) is 0. The van der Waals surface area contributed by atoms with Crippen LogP contribution in [0.5, 0.6) is 0 Å². The van der Waals surface area contributed by atoms with E-state index in [0.29, 0.717) is 0 Å². The summed E-state index contributed by atoms with van der Waals surface area (Å²) in [7, 11) is 5.62. The van der Waals surface area contributed by atoms with Gasteiger partial charge in [-0.15, -0.1) is 12.4 Å². The lowest BCUT2D eigenvalue weighted by Gasteiger charge is -1.98. The van der Waals surface area contributed by atoms with Crippen molar-refractivity contribution in [3.8, 4) is 0 Å². The smallest absolute Gasteiger partial charge is 0.0841 e. The zero-order valence-corrected chi connectivity index (χ0v) is 5.70. The van der Waals surface area contributed by atoms with Gasteiger partial charge in [-0.3, -0.25) is 4.99 Å². The van der Waals surface area contributed by atoms with E-state index in [4.69, 9.17) is 0 Å². The first-order valence-electron chi connectivity index (χ1n) is 1.86. The van der Waals surface area contributed by atoms with Crippen molar-refractivity contribution in [1.82, 2.24) is 4.90 Å². The molecule has 0 aliphatic carbocycles. The van der Waals surface area contributed by atoms with Crippen molar-refractivity contribution < 1.29 is 0 Å². The molecule has 0 aliphatic heterocycles. The van der Waals surface area contributed by atoms with Crippen LogP contribution in [-0.2, 0) is 0 Å². The molecule has 0 aromatic heterocycles. The van der Waals surface area contributed by atoms with Crippen LogP contribution in [0.1, 0.15) is 0 Å². The maximum atomic E-state index is 3.74. The van der Waals surface area contributed by atoms with Crippen LogP contribution in [0.2, 0.25) is 0 Å². The van der Waals surface area contributed by atoms with Gasteiger partial charge in [0.2, 0.25) is 0 Å². The molecule has 0 N–H and O–H groups in total. The van der Waals surface area contributed by atoms with Gasteiger partial charge in [-0.2, -0.15) is 0 Å². The minimum Gasteiger partial charge on any atom is -0.369 e. The van der Waals surface area contributed by atoms with E-state index in [1.165, 1.54) is 0 Å². The molecule has 0 radical (unpaired) electrons. The molecule has 44 valence electrons. The lowest BCUT2D eigenvalue weighted by Crippen LogP contribution is -2.06. The van der Waals surface area contributed by atoms with Gasteiger partial charge in [-0.05, 0) is 0 Å². The fourth-order valence-corrected chi connectivity index (χ4v) is 0.231. The number of halogens is 1. The predicted octanol–water partition coefficient (Wildman–Crippen LogP) is 0.628. The highest BCUT2D eigenvalue weighted by Crippen LogP contribution is 1.59. The Labute approximate surface area is 50.6 Å². The molecular weight excluding hydrogens is 112 g/mol. The average Bonchev–Trinajstić information content (AvgIpc) is 1.35. The van der Waals surface area contributed by atoms with Gasteiger partial charge in [0.05, 0.1) is 6.34 Å². The van der Waals surface area contributed by atoms with Gasteiger partial charge in [0.15, 0.2) is 0 Å². The van der Waals surface area contributed by atoms with Crippen molar-refractivity contribution >= 4 is 18.7 Å². The second-order valence-electron chi connectivity index (χ2n) is 1.34. The summed E-state index contributed by atoms with van der Waals surface area (Å²) in [5, 5.41) is 0. The molecule has 0 amide bonds. The van der Waals surface area contributed by atoms with Crippen LogP contribution in [0.25, 0.3) is 0 Å². The summed E-state index contributed by atoms with van der Waals surface area (Å²) < 4.78 is 0. The van der Waals surface area contributed by atoms with Crippen molar-refractivity contribution in [1.29, 1.82) is 0 Å². The fourth-order valence-electron chi connectivity index (χ4n) is 0.231. The van der Waals surface area contributed by atoms with Gasteiger partial charge in [-0.1, -0.05) is 0 Å². The normalized spacial score (nSPS) is 8.43. The zero-order valence-electron chi connectivity index (χ0n) is 4.88. The van der Waals surface area contributed by atoms with Gasteiger partial charge in [0.25, 0.3) is 0 Å². The zero-order chi connectivity index (χ0) is 4.99. The molecule has 0 bridgehead atoms. The van der Waals surface area contributed by atoms with Gasteiger partial charge >= 0.3 is 0 Å². The van der Waals surface area contributed by atoms with Crippen LogP contribution in [0, 0.1) is 0 Å². The first kappa shape index (κ1) is 9.90. The van der Waals surface area contributed by atoms with E-state index < -0.39 is 0 Å². The minimum atomic E-state index is 0. The average molecular weight is 123 g/mol. The van der Waals surface area contributed by atoms with Crippen LogP contribution in [0.15, 0.2) is 4.99 Å². The SMILES string of the molecule is C/N=C/N(C)C.Cl. The second-order valence-corrected chi connectivity index (χ2v) is 1.34. The molecule has 0 aliphatic rings. The summed E-state index contributed by atoms with van der Waals surface area (Å²) in [4.78, 5) is 5.62. The van der Waals surface area contributed by atoms with Crippen molar-refractivity contribution in [3.05, 3.63) is 0 Å². The largest absolute Gasteiger partial charge is 0.369 e. The summed E-state index contributed by atoms with van der Waals surface area (Å²) in [5.41, 5.74) is 0. The third kappa shape index (κ3) is 10.7. The Morgan fingerprint density at radius 2 is 1.86 bits per heavy atom.